The number of fused-ring (bicyclic) bond motifs is 4. The number of amidine groups is 2. The van der Waals surface area contributed by atoms with Crippen LogP contribution in [0.1, 0.15) is 34.2 Å². The van der Waals surface area contributed by atoms with E-state index in [0.717, 1.165) is 56.2 Å². The van der Waals surface area contributed by atoms with Crippen LogP contribution >= 0.6 is 0 Å². The number of rotatable bonds is 7. The molecular formula is C51H37N3O. The van der Waals surface area contributed by atoms with Crippen LogP contribution in [0.15, 0.2) is 207 Å². The lowest BCUT2D eigenvalue weighted by atomic mass is 9.97. The van der Waals surface area contributed by atoms with Gasteiger partial charge in [-0.1, -0.05) is 182 Å². The molecule has 0 N–H and O–H groups in total. The summed E-state index contributed by atoms with van der Waals surface area (Å²) in [6.45, 7) is 4.47. The third kappa shape index (κ3) is 6.78. The molecular weight excluding hydrogens is 671 g/mol. The van der Waals surface area contributed by atoms with Gasteiger partial charge in [0.15, 0.2) is 11.7 Å². The number of allylic oxidation sites excluding steroid dienone is 6. The molecule has 0 radical (unpaired) electrons. The van der Waals surface area contributed by atoms with E-state index in [1.165, 1.54) is 33.0 Å². The van der Waals surface area contributed by atoms with Crippen molar-refractivity contribution in [3.63, 3.8) is 0 Å². The standard InChI is InChI=1S/C51H37N3O/c1-52-51(54-50(53-34-35-14-4-2-5-15-35)41-32-30-40(31-33-41)43-23-11-21-38-18-8-9-22-42(38)43)46-26-13-27-47-48(46)45-25-12-24-44(49(45)55-47)39-20-10-19-37(28-29-39)36-16-6-3-7-17-36/h2-19,21-33H,1,20,34H2. The number of aliphatic imine (C=N–C) groups is 3. The van der Waals surface area contributed by atoms with Gasteiger partial charge in [-0.15, -0.1) is 0 Å². The molecule has 0 unspecified atom stereocenters. The summed E-state index contributed by atoms with van der Waals surface area (Å²) in [7, 11) is 0. The predicted octanol–water partition coefficient (Wildman–Crippen LogP) is 12.9. The third-order valence-electron chi connectivity index (χ3n) is 10.2. The second-order valence-electron chi connectivity index (χ2n) is 13.6. The van der Waals surface area contributed by atoms with Crippen LogP contribution in [-0.4, -0.2) is 18.4 Å². The molecule has 8 aromatic rings. The summed E-state index contributed by atoms with van der Waals surface area (Å²) in [6, 6.07) is 56.5. The zero-order chi connectivity index (χ0) is 37.0. The first kappa shape index (κ1) is 33.7. The molecule has 4 heteroatoms. The van der Waals surface area contributed by atoms with E-state index < -0.39 is 0 Å². The molecule has 262 valence electrons. The fraction of sp³-hybridized carbons (Fsp3) is 0.0392. The first-order valence-corrected chi connectivity index (χ1v) is 18.5. The molecule has 0 spiro atoms. The van der Waals surface area contributed by atoms with Gasteiger partial charge in [0.1, 0.15) is 11.2 Å². The molecule has 55 heavy (non-hydrogen) atoms. The van der Waals surface area contributed by atoms with Crippen LogP contribution in [0.25, 0.3) is 55.0 Å². The maximum atomic E-state index is 6.67. The molecule has 0 bridgehead atoms. The second-order valence-corrected chi connectivity index (χ2v) is 13.6. The van der Waals surface area contributed by atoms with Crippen molar-refractivity contribution < 1.29 is 4.42 Å². The quantitative estimate of drug-likeness (QED) is 0.120. The van der Waals surface area contributed by atoms with Crippen LogP contribution in [0.2, 0.25) is 0 Å². The van der Waals surface area contributed by atoms with Crippen molar-refractivity contribution >= 4 is 62.2 Å². The van der Waals surface area contributed by atoms with E-state index in [1.54, 1.807) is 0 Å². The van der Waals surface area contributed by atoms with Gasteiger partial charge in [-0.2, -0.15) is 0 Å². The summed E-state index contributed by atoms with van der Waals surface area (Å²) in [4.78, 5) is 14.8. The molecule has 1 heterocycles. The van der Waals surface area contributed by atoms with Gasteiger partial charge in [0.2, 0.25) is 0 Å². The van der Waals surface area contributed by atoms with Crippen LogP contribution in [0.4, 0.5) is 0 Å². The molecule has 0 amide bonds. The first-order valence-electron chi connectivity index (χ1n) is 18.5. The number of nitrogens with zero attached hydrogens (tertiary/aromatic N) is 3. The highest BCUT2D eigenvalue weighted by atomic mass is 16.3. The van der Waals surface area contributed by atoms with Gasteiger partial charge >= 0.3 is 0 Å². The highest BCUT2D eigenvalue weighted by Crippen LogP contribution is 2.38. The predicted molar refractivity (Wildman–Crippen MR) is 232 cm³/mol. The van der Waals surface area contributed by atoms with Gasteiger partial charge in [-0.3, -0.25) is 4.99 Å². The van der Waals surface area contributed by atoms with E-state index in [9.17, 15) is 0 Å². The van der Waals surface area contributed by atoms with Gasteiger partial charge in [0.05, 0.1) is 6.54 Å². The monoisotopic (exact) mass is 707 g/mol. The van der Waals surface area contributed by atoms with Crippen molar-refractivity contribution in [2.45, 2.75) is 13.0 Å². The van der Waals surface area contributed by atoms with Gasteiger partial charge in [-0.05, 0) is 63.4 Å². The molecule has 7 aromatic carbocycles. The Labute approximate surface area is 320 Å². The Morgan fingerprint density at radius 2 is 1.31 bits per heavy atom. The highest BCUT2D eigenvalue weighted by Gasteiger charge is 2.19. The summed E-state index contributed by atoms with van der Waals surface area (Å²) >= 11 is 0. The summed E-state index contributed by atoms with van der Waals surface area (Å²) in [5.41, 5.74) is 11.4. The highest BCUT2D eigenvalue weighted by molar-refractivity contribution is 6.22. The van der Waals surface area contributed by atoms with Crippen LogP contribution in [-0.2, 0) is 6.54 Å². The molecule has 1 aliphatic carbocycles. The molecule has 4 nitrogen and oxygen atoms in total. The molecule has 9 rings (SSSR count). The number of furan rings is 1. The van der Waals surface area contributed by atoms with Crippen molar-refractivity contribution in [3.8, 4) is 11.1 Å². The summed E-state index contributed by atoms with van der Waals surface area (Å²) in [6.07, 6.45) is 9.62. The van der Waals surface area contributed by atoms with Crippen molar-refractivity contribution in [1.82, 2.24) is 0 Å². The maximum absolute atomic E-state index is 6.67. The zero-order valence-corrected chi connectivity index (χ0v) is 30.3. The van der Waals surface area contributed by atoms with E-state index in [0.29, 0.717) is 18.2 Å². The van der Waals surface area contributed by atoms with E-state index in [-0.39, 0.29) is 0 Å². The van der Waals surface area contributed by atoms with Gasteiger partial charge < -0.3 is 4.42 Å². The second kappa shape index (κ2) is 15.1. The first-order chi connectivity index (χ1) is 27.2. The lowest BCUT2D eigenvalue weighted by Gasteiger charge is -2.10. The maximum Gasteiger partial charge on any atom is 0.161 e. The van der Waals surface area contributed by atoms with E-state index >= 15 is 0 Å². The Hall–Kier alpha value is -7.17. The molecule has 0 saturated heterocycles. The summed E-state index contributed by atoms with van der Waals surface area (Å²) < 4.78 is 6.67. The van der Waals surface area contributed by atoms with Gasteiger partial charge in [0, 0.05) is 27.5 Å². The molecule has 0 aliphatic heterocycles. The minimum absolute atomic E-state index is 0.474. The van der Waals surface area contributed by atoms with Crippen molar-refractivity contribution in [1.29, 1.82) is 0 Å². The minimum Gasteiger partial charge on any atom is -0.455 e. The molecule has 0 atom stereocenters. The molecule has 1 aromatic heterocycles. The van der Waals surface area contributed by atoms with Gasteiger partial charge in [-0.25, -0.2) is 9.98 Å². The van der Waals surface area contributed by atoms with Gasteiger partial charge in [0.25, 0.3) is 0 Å². The summed E-state index contributed by atoms with van der Waals surface area (Å²) in [5, 5.41) is 4.38. The van der Waals surface area contributed by atoms with E-state index in [4.69, 9.17) is 14.4 Å². The lowest BCUT2D eigenvalue weighted by molar-refractivity contribution is 0.667. The van der Waals surface area contributed by atoms with E-state index in [2.05, 4.69) is 157 Å². The Morgan fingerprint density at radius 3 is 2.15 bits per heavy atom. The fourth-order valence-electron chi connectivity index (χ4n) is 7.43. The zero-order valence-electron chi connectivity index (χ0n) is 30.3. The van der Waals surface area contributed by atoms with Crippen LogP contribution in [0, 0.1) is 0 Å². The summed E-state index contributed by atoms with van der Waals surface area (Å²) in [5.74, 6) is 1.06. The number of para-hydroxylation sites is 1. The SMILES string of the molecule is C=NC(=NC(=NCc1ccccc1)c1ccc(-c2cccc3ccccc23)cc1)c1cccc2oc3c(C4=CC=C(c5ccccc5)C=CC4)cccc3c12. The average Bonchev–Trinajstić information content (AvgIpc) is 3.47. The van der Waals surface area contributed by atoms with Crippen molar-refractivity contribution in [3.05, 3.63) is 216 Å². The average molecular weight is 708 g/mol. The fourth-order valence-corrected chi connectivity index (χ4v) is 7.43. The van der Waals surface area contributed by atoms with Crippen molar-refractivity contribution in [2.75, 3.05) is 0 Å². The molecule has 1 aliphatic rings. The normalized spacial score (nSPS) is 13.5. The Bertz CT molecular complexity index is 2850. The minimum atomic E-state index is 0.474. The Kier molecular flexibility index (Phi) is 9.21. The van der Waals surface area contributed by atoms with Crippen molar-refractivity contribution in [2.24, 2.45) is 15.0 Å². The molecule has 0 fully saturated rings. The smallest absolute Gasteiger partial charge is 0.161 e. The Morgan fingerprint density at radius 1 is 0.600 bits per heavy atom. The van der Waals surface area contributed by atoms with Crippen LogP contribution in [0.5, 0.6) is 0 Å². The van der Waals surface area contributed by atoms with Crippen LogP contribution < -0.4 is 0 Å². The topological polar surface area (TPSA) is 50.2 Å². The third-order valence-corrected chi connectivity index (χ3v) is 10.2. The number of hydrogen-bond acceptors (Lipinski definition) is 2. The number of hydrogen-bond donors (Lipinski definition) is 0. The molecule has 0 saturated carbocycles. The largest absolute Gasteiger partial charge is 0.455 e. The van der Waals surface area contributed by atoms with Crippen LogP contribution in [0.3, 0.4) is 0 Å². The Balaban J connectivity index is 1.13. The number of benzene rings is 7. The van der Waals surface area contributed by atoms with E-state index in [1.807, 2.05) is 42.5 Å². The lowest BCUT2D eigenvalue weighted by Crippen LogP contribution is -2.06.